The Morgan fingerprint density at radius 1 is 1.29 bits per heavy atom. The van der Waals surface area contributed by atoms with Crippen molar-refractivity contribution in [2.24, 2.45) is 0 Å². The molecule has 0 heterocycles. The van der Waals surface area contributed by atoms with E-state index in [9.17, 15) is 5.11 Å². The predicted molar refractivity (Wildman–Crippen MR) is 73.4 cm³/mol. The summed E-state index contributed by atoms with van der Waals surface area (Å²) in [7, 11) is 0. The third-order valence-corrected chi connectivity index (χ3v) is 3.66. The van der Waals surface area contributed by atoms with Crippen LogP contribution in [0.3, 0.4) is 0 Å². The quantitative estimate of drug-likeness (QED) is 0.817. The van der Waals surface area contributed by atoms with Gasteiger partial charge in [0.1, 0.15) is 0 Å². The molecule has 2 nitrogen and oxygen atoms in total. The first kappa shape index (κ1) is 14.5. The lowest BCUT2D eigenvalue weighted by atomic mass is 9.87. The van der Waals surface area contributed by atoms with Gasteiger partial charge in [0, 0.05) is 11.1 Å². The third kappa shape index (κ3) is 3.44. The van der Waals surface area contributed by atoms with Crippen LogP contribution in [0.4, 0.5) is 0 Å². The molecule has 1 aromatic rings. The molecule has 0 saturated carbocycles. The molecule has 1 rings (SSSR count). The van der Waals surface area contributed by atoms with Gasteiger partial charge in [0.25, 0.3) is 0 Å². The molecule has 17 heavy (non-hydrogen) atoms. The maximum Gasteiger partial charge on any atom is 0.0668 e. The van der Waals surface area contributed by atoms with Crippen molar-refractivity contribution in [2.75, 3.05) is 6.61 Å². The highest BCUT2D eigenvalue weighted by molar-refractivity contribution is 6.30. The van der Waals surface area contributed by atoms with E-state index in [1.807, 2.05) is 24.3 Å². The second kappa shape index (κ2) is 6.39. The minimum atomic E-state index is -0.361. The van der Waals surface area contributed by atoms with Crippen LogP contribution in [0.5, 0.6) is 0 Å². The molecule has 0 radical (unpaired) electrons. The van der Waals surface area contributed by atoms with E-state index in [1.54, 1.807) is 0 Å². The largest absolute Gasteiger partial charge is 0.394 e. The van der Waals surface area contributed by atoms with E-state index in [-0.39, 0.29) is 12.1 Å². The van der Waals surface area contributed by atoms with Crippen molar-refractivity contribution in [3.05, 3.63) is 34.9 Å². The first-order chi connectivity index (χ1) is 8.07. The molecule has 0 aliphatic carbocycles. The van der Waals surface area contributed by atoms with E-state index in [4.69, 9.17) is 11.6 Å². The highest BCUT2D eigenvalue weighted by Gasteiger charge is 2.30. The number of aliphatic hydroxyl groups excluding tert-OH is 1. The van der Waals surface area contributed by atoms with Crippen molar-refractivity contribution >= 4 is 11.6 Å². The van der Waals surface area contributed by atoms with Gasteiger partial charge >= 0.3 is 0 Å². The third-order valence-electron chi connectivity index (χ3n) is 3.41. The van der Waals surface area contributed by atoms with Crippen LogP contribution < -0.4 is 5.32 Å². The number of rotatable bonds is 6. The smallest absolute Gasteiger partial charge is 0.0668 e. The minimum absolute atomic E-state index is 0.0927. The monoisotopic (exact) mass is 255 g/mol. The van der Waals surface area contributed by atoms with E-state index in [2.05, 4.69) is 26.1 Å². The van der Waals surface area contributed by atoms with Crippen molar-refractivity contribution in [1.29, 1.82) is 0 Å². The Kier molecular flexibility index (Phi) is 5.44. The SMILES string of the molecule is CCC(C)NC(CC)(CO)c1ccc(Cl)cc1. The Morgan fingerprint density at radius 2 is 1.88 bits per heavy atom. The molecule has 2 unspecified atom stereocenters. The molecule has 2 atom stereocenters. The molecule has 0 bridgehead atoms. The van der Waals surface area contributed by atoms with Crippen LogP contribution in [0, 0.1) is 0 Å². The number of nitrogens with one attached hydrogen (secondary N) is 1. The summed E-state index contributed by atoms with van der Waals surface area (Å²) >= 11 is 5.90. The fraction of sp³-hybridized carbons (Fsp3) is 0.571. The fourth-order valence-electron chi connectivity index (χ4n) is 1.98. The predicted octanol–water partition coefficient (Wildman–Crippen LogP) is 3.33. The summed E-state index contributed by atoms with van der Waals surface area (Å²) in [4.78, 5) is 0. The van der Waals surface area contributed by atoms with Gasteiger partial charge in [0.05, 0.1) is 12.1 Å². The number of benzene rings is 1. The maximum absolute atomic E-state index is 9.75. The van der Waals surface area contributed by atoms with Gasteiger partial charge in [0.15, 0.2) is 0 Å². The molecule has 3 heteroatoms. The molecule has 0 amide bonds. The van der Waals surface area contributed by atoms with Gasteiger partial charge in [-0.2, -0.15) is 0 Å². The molecular formula is C14H22ClNO. The first-order valence-electron chi connectivity index (χ1n) is 6.22. The summed E-state index contributed by atoms with van der Waals surface area (Å²) in [5.41, 5.74) is 0.729. The lowest BCUT2D eigenvalue weighted by Crippen LogP contribution is -2.49. The van der Waals surface area contributed by atoms with Crippen molar-refractivity contribution in [1.82, 2.24) is 5.32 Å². The molecule has 0 fully saturated rings. The Labute approximate surface area is 109 Å². The van der Waals surface area contributed by atoms with Crippen molar-refractivity contribution in [2.45, 2.75) is 45.2 Å². The lowest BCUT2D eigenvalue weighted by molar-refractivity contribution is 0.143. The number of aliphatic hydroxyl groups is 1. The van der Waals surface area contributed by atoms with Crippen molar-refractivity contribution in [3.63, 3.8) is 0 Å². The van der Waals surface area contributed by atoms with Crippen LogP contribution >= 0.6 is 11.6 Å². The first-order valence-corrected chi connectivity index (χ1v) is 6.60. The Bertz CT molecular complexity index is 333. The van der Waals surface area contributed by atoms with Crippen LogP contribution in [-0.4, -0.2) is 17.8 Å². The van der Waals surface area contributed by atoms with Gasteiger partial charge in [-0.15, -0.1) is 0 Å². The Morgan fingerprint density at radius 3 is 2.29 bits per heavy atom. The molecular weight excluding hydrogens is 234 g/mol. The fourth-order valence-corrected chi connectivity index (χ4v) is 2.11. The topological polar surface area (TPSA) is 32.3 Å². The van der Waals surface area contributed by atoms with Crippen LogP contribution in [-0.2, 0) is 5.54 Å². The molecule has 0 aliphatic rings. The number of halogens is 1. The molecule has 0 aliphatic heterocycles. The molecule has 0 spiro atoms. The standard InChI is InChI=1S/C14H22ClNO/c1-4-11(3)16-14(5-2,10-17)12-6-8-13(15)9-7-12/h6-9,11,16-17H,4-5,10H2,1-3H3. The molecule has 0 aromatic heterocycles. The van der Waals surface area contributed by atoms with Crippen LogP contribution in [0.15, 0.2) is 24.3 Å². The summed E-state index contributed by atoms with van der Waals surface area (Å²) in [5.74, 6) is 0. The highest BCUT2D eigenvalue weighted by atomic mass is 35.5. The second-order valence-corrected chi connectivity index (χ2v) is 4.99. The Hall–Kier alpha value is -0.570. The van der Waals surface area contributed by atoms with E-state index in [0.717, 1.165) is 23.4 Å². The van der Waals surface area contributed by atoms with Gasteiger partial charge in [-0.25, -0.2) is 0 Å². The summed E-state index contributed by atoms with van der Waals surface area (Å²) in [6.07, 6.45) is 1.88. The summed E-state index contributed by atoms with van der Waals surface area (Å²) in [6, 6.07) is 8.08. The minimum Gasteiger partial charge on any atom is -0.394 e. The summed E-state index contributed by atoms with van der Waals surface area (Å²) in [6.45, 7) is 6.45. The highest BCUT2D eigenvalue weighted by Crippen LogP contribution is 2.26. The van der Waals surface area contributed by atoms with Crippen LogP contribution in [0.1, 0.15) is 39.2 Å². The summed E-state index contributed by atoms with van der Waals surface area (Å²) in [5, 5.41) is 14.0. The number of hydrogen-bond acceptors (Lipinski definition) is 2. The van der Waals surface area contributed by atoms with E-state index >= 15 is 0 Å². The number of hydrogen-bond donors (Lipinski definition) is 2. The average molecular weight is 256 g/mol. The van der Waals surface area contributed by atoms with E-state index < -0.39 is 0 Å². The zero-order valence-electron chi connectivity index (χ0n) is 10.8. The van der Waals surface area contributed by atoms with E-state index in [1.165, 1.54) is 0 Å². The zero-order valence-corrected chi connectivity index (χ0v) is 11.6. The Balaban J connectivity index is 3.01. The van der Waals surface area contributed by atoms with Gasteiger partial charge in [-0.1, -0.05) is 37.6 Å². The van der Waals surface area contributed by atoms with Crippen molar-refractivity contribution in [3.8, 4) is 0 Å². The second-order valence-electron chi connectivity index (χ2n) is 4.55. The van der Waals surface area contributed by atoms with Gasteiger partial charge in [-0.05, 0) is 37.5 Å². The van der Waals surface area contributed by atoms with Gasteiger partial charge in [-0.3, -0.25) is 0 Å². The van der Waals surface area contributed by atoms with Crippen LogP contribution in [0.25, 0.3) is 0 Å². The average Bonchev–Trinajstić information content (AvgIpc) is 2.37. The summed E-state index contributed by atoms with van der Waals surface area (Å²) < 4.78 is 0. The molecule has 1 aromatic carbocycles. The van der Waals surface area contributed by atoms with Crippen LogP contribution in [0.2, 0.25) is 5.02 Å². The lowest BCUT2D eigenvalue weighted by Gasteiger charge is -2.35. The molecule has 0 saturated heterocycles. The normalized spacial score (nSPS) is 16.5. The van der Waals surface area contributed by atoms with E-state index in [0.29, 0.717) is 6.04 Å². The van der Waals surface area contributed by atoms with Gasteiger partial charge < -0.3 is 10.4 Å². The van der Waals surface area contributed by atoms with Gasteiger partial charge in [0.2, 0.25) is 0 Å². The maximum atomic E-state index is 9.75. The molecule has 2 N–H and O–H groups in total. The zero-order chi connectivity index (χ0) is 12.9. The van der Waals surface area contributed by atoms with Crippen molar-refractivity contribution < 1.29 is 5.11 Å². The molecule has 96 valence electrons.